The molecule has 0 saturated carbocycles. The van der Waals surface area contributed by atoms with Crippen LogP contribution < -0.4 is 5.32 Å². The SMILES string of the molecule is CC(=O)CCC(=O)N1CCC(NC(=O)c2ccccc2I)CC1. The van der Waals surface area contributed by atoms with Crippen molar-refractivity contribution >= 4 is 40.2 Å². The summed E-state index contributed by atoms with van der Waals surface area (Å²) in [5.41, 5.74) is 0.688. The van der Waals surface area contributed by atoms with E-state index in [4.69, 9.17) is 0 Å². The minimum absolute atomic E-state index is 0.0302. The van der Waals surface area contributed by atoms with Gasteiger partial charge in [-0.2, -0.15) is 0 Å². The molecular weight excluding hydrogens is 407 g/mol. The van der Waals surface area contributed by atoms with Crippen LogP contribution in [-0.2, 0) is 9.59 Å². The van der Waals surface area contributed by atoms with Crippen LogP contribution in [0.1, 0.15) is 43.0 Å². The van der Waals surface area contributed by atoms with E-state index in [1.807, 2.05) is 24.3 Å². The highest BCUT2D eigenvalue weighted by molar-refractivity contribution is 14.1. The van der Waals surface area contributed by atoms with Crippen molar-refractivity contribution in [1.82, 2.24) is 10.2 Å². The molecule has 1 aliphatic rings. The molecule has 0 unspecified atom stereocenters. The van der Waals surface area contributed by atoms with E-state index in [1.165, 1.54) is 6.92 Å². The van der Waals surface area contributed by atoms with Crippen molar-refractivity contribution in [1.29, 1.82) is 0 Å². The van der Waals surface area contributed by atoms with Gasteiger partial charge in [0.2, 0.25) is 5.91 Å². The molecule has 1 N–H and O–H groups in total. The molecule has 2 rings (SSSR count). The molecular formula is C17H21IN2O3. The Bertz CT molecular complexity index is 595. The fourth-order valence-electron chi connectivity index (χ4n) is 2.62. The van der Waals surface area contributed by atoms with Crippen LogP contribution in [0.3, 0.4) is 0 Å². The summed E-state index contributed by atoms with van der Waals surface area (Å²) in [6, 6.07) is 7.58. The van der Waals surface area contributed by atoms with E-state index >= 15 is 0 Å². The topological polar surface area (TPSA) is 66.5 Å². The van der Waals surface area contributed by atoms with E-state index in [1.54, 1.807) is 4.90 Å². The Morgan fingerprint density at radius 1 is 1.17 bits per heavy atom. The van der Waals surface area contributed by atoms with Crippen molar-refractivity contribution in [2.24, 2.45) is 0 Å². The van der Waals surface area contributed by atoms with Crippen LogP contribution in [0.4, 0.5) is 0 Å². The number of Topliss-reactive ketones (excluding diaryl/α,β-unsaturated/α-hetero) is 1. The maximum Gasteiger partial charge on any atom is 0.252 e. The second-order valence-corrected chi connectivity index (χ2v) is 6.97. The van der Waals surface area contributed by atoms with E-state index in [9.17, 15) is 14.4 Å². The zero-order valence-electron chi connectivity index (χ0n) is 13.2. The van der Waals surface area contributed by atoms with Gasteiger partial charge in [0.05, 0.1) is 5.56 Å². The molecule has 0 radical (unpaired) electrons. The molecule has 0 aliphatic carbocycles. The average Bonchev–Trinajstić information content (AvgIpc) is 2.53. The molecule has 0 aromatic heterocycles. The molecule has 0 bridgehead atoms. The molecule has 0 atom stereocenters. The molecule has 5 nitrogen and oxygen atoms in total. The van der Waals surface area contributed by atoms with Gasteiger partial charge < -0.3 is 15.0 Å². The first kappa shape index (κ1) is 17.9. The van der Waals surface area contributed by atoms with Crippen LogP contribution in [0.5, 0.6) is 0 Å². The minimum Gasteiger partial charge on any atom is -0.349 e. The number of hydrogen-bond acceptors (Lipinski definition) is 3. The van der Waals surface area contributed by atoms with Crippen LogP contribution in [0.2, 0.25) is 0 Å². The van der Waals surface area contributed by atoms with Crippen LogP contribution in [-0.4, -0.2) is 41.6 Å². The largest absolute Gasteiger partial charge is 0.349 e. The van der Waals surface area contributed by atoms with E-state index in [0.29, 0.717) is 25.1 Å². The maximum absolute atomic E-state index is 12.3. The lowest BCUT2D eigenvalue weighted by atomic mass is 10.0. The average molecular weight is 428 g/mol. The number of benzene rings is 1. The molecule has 1 aliphatic heterocycles. The molecule has 23 heavy (non-hydrogen) atoms. The minimum atomic E-state index is -0.0589. The second kappa shape index (κ2) is 8.42. The van der Waals surface area contributed by atoms with Crippen molar-refractivity contribution in [2.75, 3.05) is 13.1 Å². The highest BCUT2D eigenvalue weighted by Gasteiger charge is 2.24. The summed E-state index contributed by atoms with van der Waals surface area (Å²) in [6.07, 6.45) is 2.10. The first-order chi connectivity index (χ1) is 11.0. The molecule has 1 heterocycles. The third-order valence-corrected chi connectivity index (χ3v) is 4.93. The third kappa shape index (κ3) is 5.30. The highest BCUT2D eigenvalue weighted by Crippen LogP contribution is 2.15. The number of halogens is 1. The van der Waals surface area contributed by atoms with Gasteiger partial charge in [-0.25, -0.2) is 0 Å². The van der Waals surface area contributed by atoms with Crippen molar-refractivity contribution in [3.63, 3.8) is 0 Å². The summed E-state index contributed by atoms with van der Waals surface area (Å²) in [4.78, 5) is 37.0. The molecule has 0 spiro atoms. The van der Waals surface area contributed by atoms with Gasteiger partial charge in [-0.3, -0.25) is 9.59 Å². The number of amides is 2. The van der Waals surface area contributed by atoms with Gasteiger partial charge in [0.1, 0.15) is 5.78 Å². The number of nitrogens with one attached hydrogen (secondary N) is 1. The smallest absolute Gasteiger partial charge is 0.252 e. The van der Waals surface area contributed by atoms with Gasteiger partial charge in [-0.05, 0) is 54.5 Å². The maximum atomic E-state index is 12.3. The monoisotopic (exact) mass is 428 g/mol. The van der Waals surface area contributed by atoms with Gasteiger partial charge >= 0.3 is 0 Å². The Morgan fingerprint density at radius 3 is 2.43 bits per heavy atom. The third-order valence-electron chi connectivity index (χ3n) is 3.99. The number of carbonyl (C=O) groups is 3. The number of ketones is 1. The molecule has 1 aromatic carbocycles. The van der Waals surface area contributed by atoms with Crippen LogP contribution >= 0.6 is 22.6 Å². The molecule has 1 aromatic rings. The summed E-state index contributed by atoms with van der Waals surface area (Å²) in [7, 11) is 0. The van der Waals surface area contributed by atoms with Crippen molar-refractivity contribution in [3.05, 3.63) is 33.4 Å². The Hall–Kier alpha value is -1.44. The fourth-order valence-corrected chi connectivity index (χ4v) is 3.26. The number of carbonyl (C=O) groups excluding carboxylic acids is 3. The quantitative estimate of drug-likeness (QED) is 0.733. The predicted molar refractivity (Wildman–Crippen MR) is 96.1 cm³/mol. The second-order valence-electron chi connectivity index (χ2n) is 5.81. The number of rotatable bonds is 5. The molecule has 124 valence electrons. The van der Waals surface area contributed by atoms with E-state index in [-0.39, 0.29) is 30.1 Å². The summed E-state index contributed by atoms with van der Waals surface area (Å²) in [5, 5.41) is 3.05. The lowest BCUT2D eigenvalue weighted by Gasteiger charge is -2.32. The zero-order chi connectivity index (χ0) is 16.8. The fraction of sp³-hybridized carbons (Fsp3) is 0.471. The molecule has 6 heteroatoms. The van der Waals surface area contributed by atoms with Crippen LogP contribution in [0.25, 0.3) is 0 Å². The normalized spacial score (nSPS) is 15.3. The number of hydrogen-bond donors (Lipinski definition) is 1. The highest BCUT2D eigenvalue weighted by atomic mass is 127. The molecule has 2 amide bonds. The summed E-state index contributed by atoms with van der Waals surface area (Å²) < 4.78 is 0.930. The van der Waals surface area contributed by atoms with E-state index in [0.717, 1.165) is 16.4 Å². The lowest BCUT2D eigenvalue weighted by Crippen LogP contribution is -2.46. The van der Waals surface area contributed by atoms with Gasteiger partial charge in [0.15, 0.2) is 0 Å². The lowest BCUT2D eigenvalue weighted by molar-refractivity contribution is -0.133. The summed E-state index contributed by atoms with van der Waals surface area (Å²) in [5.74, 6) is 0.0110. The van der Waals surface area contributed by atoms with Crippen molar-refractivity contribution < 1.29 is 14.4 Å². The van der Waals surface area contributed by atoms with Crippen LogP contribution in [0, 0.1) is 3.57 Å². The molecule has 1 fully saturated rings. The predicted octanol–water partition coefficient (Wildman–Crippen LogP) is 2.38. The van der Waals surface area contributed by atoms with Crippen molar-refractivity contribution in [3.8, 4) is 0 Å². The number of piperidine rings is 1. The number of likely N-dealkylation sites (tertiary alicyclic amines) is 1. The standard InChI is InChI=1S/C17H21IN2O3/c1-12(21)6-7-16(22)20-10-8-13(9-11-20)19-17(23)14-4-2-3-5-15(14)18/h2-5,13H,6-11H2,1H3,(H,19,23). The van der Waals surface area contributed by atoms with Gasteiger partial charge in [-0.1, -0.05) is 12.1 Å². The Balaban J connectivity index is 1.81. The first-order valence-electron chi connectivity index (χ1n) is 7.80. The van der Waals surface area contributed by atoms with Crippen LogP contribution in [0.15, 0.2) is 24.3 Å². The van der Waals surface area contributed by atoms with E-state index in [2.05, 4.69) is 27.9 Å². The Morgan fingerprint density at radius 2 is 1.83 bits per heavy atom. The van der Waals surface area contributed by atoms with Gasteiger partial charge in [0, 0.05) is 35.5 Å². The van der Waals surface area contributed by atoms with E-state index < -0.39 is 0 Å². The zero-order valence-corrected chi connectivity index (χ0v) is 15.3. The van der Waals surface area contributed by atoms with Gasteiger partial charge in [0.25, 0.3) is 5.91 Å². The Kier molecular flexibility index (Phi) is 6.56. The molecule has 1 saturated heterocycles. The van der Waals surface area contributed by atoms with Crippen molar-refractivity contribution in [2.45, 2.75) is 38.6 Å². The summed E-state index contributed by atoms with van der Waals surface area (Å²) >= 11 is 2.15. The van der Waals surface area contributed by atoms with Gasteiger partial charge in [-0.15, -0.1) is 0 Å². The first-order valence-corrected chi connectivity index (χ1v) is 8.88. The Labute approximate surface area is 149 Å². The number of nitrogens with zero attached hydrogens (tertiary/aromatic N) is 1. The summed E-state index contributed by atoms with van der Waals surface area (Å²) in [6.45, 7) is 2.77.